The zero-order valence-electron chi connectivity index (χ0n) is 14.7. The lowest BCUT2D eigenvalue weighted by Gasteiger charge is -2.19. The molecule has 23 heavy (non-hydrogen) atoms. The van der Waals surface area contributed by atoms with Gasteiger partial charge in [-0.05, 0) is 61.9 Å². The Bertz CT molecular complexity index is 651. The second-order valence-electron chi connectivity index (χ2n) is 5.99. The summed E-state index contributed by atoms with van der Waals surface area (Å²) in [6.07, 6.45) is 1.36. The maximum Gasteiger partial charge on any atom is 0.222 e. The molecule has 2 rings (SSSR count). The molecule has 0 spiro atoms. The van der Waals surface area contributed by atoms with Gasteiger partial charge < -0.3 is 4.90 Å². The summed E-state index contributed by atoms with van der Waals surface area (Å²) in [4.78, 5) is 14.2. The highest BCUT2D eigenvalue weighted by Crippen LogP contribution is 2.30. The van der Waals surface area contributed by atoms with Crippen molar-refractivity contribution in [1.29, 1.82) is 0 Å². The molecule has 0 aliphatic heterocycles. The summed E-state index contributed by atoms with van der Waals surface area (Å²) in [6, 6.07) is 14.9. The molecule has 2 nitrogen and oxygen atoms in total. The number of rotatable bonds is 6. The van der Waals surface area contributed by atoms with Crippen LogP contribution < -0.4 is 0 Å². The van der Waals surface area contributed by atoms with Crippen LogP contribution in [0.5, 0.6) is 0 Å². The van der Waals surface area contributed by atoms with Crippen LogP contribution in [0.2, 0.25) is 0 Å². The van der Waals surface area contributed by atoms with Crippen molar-refractivity contribution in [2.45, 2.75) is 40.5 Å². The van der Waals surface area contributed by atoms with E-state index in [-0.39, 0.29) is 5.91 Å². The minimum atomic E-state index is 0.242. The van der Waals surface area contributed by atoms with Gasteiger partial charge in [0.05, 0.1) is 0 Å². The Kier molecular flexibility index (Phi) is 5.97. The Morgan fingerprint density at radius 2 is 1.52 bits per heavy atom. The third kappa shape index (κ3) is 4.01. The third-order valence-electron chi connectivity index (χ3n) is 4.49. The van der Waals surface area contributed by atoms with E-state index in [0.29, 0.717) is 6.42 Å². The number of hydrogen-bond acceptors (Lipinski definition) is 1. The lowest BCUT2D eigenvalue weighted by atomic mass is 9.90. The van der Waals surface area contributed by atoms with E-state index in [0.717, 1.165) is 19.5 Å². The number of carbonyl (C=O) groups excluding carboxylic acids is 1. The molecule has 0 aromatic heterocycles. The van der Waals surface area contributed by atoms with Gasteiger partial charge in [0.25, 0.3) is 0 Å². The second-order valence-corrected chi connectivity index (χ2v) is 5.99. The Morgan fingerprint density at radius 3 is 2.13 bits per heavy atom. The molecule has 2 aromatic rings. The van der Waals surface area contributed by atoms with E-state index >= 15 is 0 Å². The molecule has 0 aliphatic rings. The smallest absolute Gasteiger partial charge is 0.222 e. The highest BCUT2D eigenvalue weighted by molar-refractivity contribution is 5.78. The summed E-state index contributed by atoms with van der Waals surface area (Å²) in [5, 5.41) is 0. The van der Waals surface area contributed by atoms with Crippen LogP contribution in [-0.4, -0.2) is 23.9 Å². The van der Waals surface area contributed by atoms with Gasteiger partial charge in [0.2, 0.25) is 5.91 Å². The number of aryl methyl sites for hydroxylation is 3. The zero-order chi connectivity index (χ0) is 16.8. The van der Waals surface area contributed by atoms with Crippen LogP contribution in [0.25, 0.3) is 11.1 Å². The average molecular weight is 309 g/mol. The first-order valence-corrected chi connectivity index (χ1v) is 8.50. The normalized spacial score (nSPS) is 10.6. The largest absolute Gasteiger partial charge is 0.343 e. The zero-order valence-corrected chi connectivity index (χ0v) is 14.7. The maximum absolute atomic E-state index is 12.3. The summed E-state index contributed by atoms with van der Waals surface area (Å²) >= 11 is 0. The predicted octanol–water partition coefficient (Wildman–Crippen LogP) is 4.77. The Labute approximate surface area is 140 Å². The number of nitrogens with zero attached hydrogens (tertiary/aromatic N) is 1. The van der Waals surface area contributed by atoms with Crippen LogP contribution in [0.3, 0.4) is 0 Å². The van der Waals surface area contributed by atoms with Gasteiger partial charge in [-0.15, -0.1) is 0 Å². The number of carbonyl (C=O) groups is 1. The van der Waals surface area contributed by atoms with Gasteiger partial charge in [0.15, 0.2) is 0 Å². The summed E-state index contributed by atoms with van der Waals surface area (Å²) in [6.45, 7) is 9.94. The highest BCUT2D eigenvalue weighted by Gasteiger charge is 2.13. The molecule has 0 unspecified atom stereocenters. The molecule has 0 saturated heterocycles. The third-order valence-corrected chi connectivity index (χ3v) is 4.49. The fraction of sp³-hybridized carbons (Fsp3) is 0.381. The molecule has 0 N–H and O–H groups in total. The van der Waals surface area contributed by atoms with E-state index in [1.165, 1.54) is 27.8 Å². The molecule has 0 aliphatic carbocycles. The second kappa shape index (κ2) is 7.96. The number of amides is 1. The molecule has 0 heterocycles. The molecular weight excluding hydrogens is 282 g/mol. The van der Waals surface area contributed by atoms with E-state index in [4.69, 9.17) is 0 Å². The topological polar surface area (TPSA) is 20.3 Å². The maximum atomic E-state index is 12.3. The van der Waals surface area contributed by atoms with Crippen LogP contribution in [0.15, 0.2) is 42.5 Å². The fourth-order valence-electron chi connectivity index (χ4n) is 3.20. The summed E-state index contributed by atoms with van der Waals surface area (Å²) < 4.78 is 0. The lowest BCUT2D eigenvalue weighted by Crippen LogP contribution is -2.30. The van der Waals surface area contributed by atoms with E-state index in [2.05, 4.69) is 56.3 Å². The van der Waals surface area contributed by atoms with Crippen molar-refractivity contribution in [3.05, 3.63) is 59.2 Å². The van der Waals surface area contributed by atoms with Gasteiger partial charge >= 0.3 is 0 Å². The van der Waals surface area contributed by atoms with E-state index in [1.54, 1.807) is 0 Å². The molecule has 0 atom stereocenters. The van der Waals surface area contributed by atoms with Gasteiger partial charge in [-0.2, -0.15) is 0 Å². The lowest BCUT2D eigenvalue weighted by molar-refractivity contribution is -0.130. The molecule has 122 valence electrons. The summed E-state index contributed by atoms with van der Waals surface area (Å²) in [5.41, 5.74) is 6.39. The quantitative estimate of drug-likeness (QED) is 0.752. The standard InChI is InChI=1S/C21H27NO/c1-5-22(6-2)20(23)15-14-18-12-7-8-13-19(18)21-16(3)10-9-11-17(21)4/h7-13H,5-6,14-15H2,1-4H3. The van der Waals surface area contributed by atoms with Crippen molar-refractivity contribution in [3.8, 4) is 11.1 Å². The number of benzene rings is 2. The molecule has 1 amide bonds. The monoisotopic (exact) mass is 309 g/mol. The van der Waals surface area contributed by atoms with E-state index < -0.39 is 0 Å². The van der Waals surface area contributed by atoms with Crippen molar-refractivity contribution in [3.63, 3.8) is 0 Å². The molecule has 0 fully saturated rings. The molecule has 0 bridgehead atoms. The highest BCUT2D eigenvalue weighted by atomic mass is 16.2. The fourth-order valence-corrected chi connectivity index (χ4v) is 3.20. The predicted molar refractivity (Wildman–Crippen MR) is 97.6 cm³/mol. The molecule has 0 saturated carbocycles. The van der Waals surface area contributed by atoms with Crippen LogP contribution >= 0.6 is 0 Å². The SMILES string of the molecule is CCN(CC)C(=O)CCc1ccccc1-c1c(C)cccc1C. The van der Waals surface area contributed by atoms with Crippen molar-refractivity contribution >= 4 is 5.91 Å². The minimum absolute atomic E-state index is 0.242. The van der Waals surface area contributed by atoms with Crippen molar-refractivity contribution in [2.75, 3.05) is 13.1 Å². The first-order chi connectivity index (χ1) is 11.1. The summed E-state index contributed by atoms with van der Waals surface area (Å²) in [7, 11) is 0. The van der Waals surface area contributed by atoms with Crippen LogP contribution in [-0.2, 0) is 11.2 Å². The number of hydrogen-bond donors (Lipinski definition) is 0. The van der Waals surface area contributed by atoms with Crippen LogP contribution in [0.1, 0.15) is 37.0 Å². The molecule has 0 radical (unpaired) electrons. The van der Waals surface area contributed by atoms with Crippen molar-refractivity contribution in [2.24, 2.45) is 0 Å². The minimum Gasteiger partial charge on any atom is -0.343 e. The Hall–Kier alpha value is -2.09. The van der Waals surface area contributed by atoms with Crippen molar-refractivity contribution < 1.29 is 4.79 Å². The Balaban J connectivity index is 2.27. The summed E-state index contributed by atoms with van der Waals surface area (Å²) in [5.74, 6) is 0.242. The van der Waals surface area contributed by atoms with Crippen molar-refractivity contribution in [1.82, 2.24) is 4.90 Å². The van der Waals surface area contributed by atoms with Gasteiger partial charge in [-0.25, -0.2) is 0 Å². The van der Waals surface area contributed by atoms with E-state index in [9.17, 15) is 4.79 Å². The van der Waals surface area contributed by atoms with Crippen LogP contribution in [0, 0.1) is 13.8 Å². The molecule has 2 heteroatoms. The van der Waals surface area contributed by atoms with Gasteiger partial charge in [0.1, 0.15) is 0 Å². The first-order valence-electron chi connectivity index (χ1n) is 8.50. The molecular formula is C21H27NO. The van der Waals surface area contributed by atoms with Gasteiger partial charge in [-0.3, -0.25) is 4.79 Å². The Morgan fingerprint density at radius 1 is 0.913 bits per heavy atom. The van der Waals surface area contributed by atoms with E-state index in [1.807, 2.05) is 18.7 Å². The van der Waals surface area contributed by atoms with Gasteiger partial charge in [-0.1, -0.05) is 42.5 Å². The van der Waals surface area contributed by atoms with Crippen LogP contribution in [0.4, 0.5) is 0 Å². The first kappa shape index (κ1) is 17.3. The molecule has 2 aromatic carbocycles. The van der Waals surface area contributed by atoms with Gasteiger partial charge in [0, 0.05) is 19.5 Å². The average Bonchev–Trinajstić information content (AvgIpc) is 2.55.